The second-order valence-corrected chi connectivity index (χ2v) is 7.25. The van der Waals surface area contributed by atoms with Crippen molar-refractivity contribution in [3.8, 4) is 5.75 Å². The highest BCUT2D eigenvalue weighted by atomic mass is 16.5. The first-order chi connectivity index (χ1) is 10.1. The van der Waals surface area contributed by atoms with Crippen molar-refractivity contribution in [2.45, 2.75) is 47.5 Å². The van der Waals surface area contributed by atoms with E-state index >= 15 is 0 Å². The van der Waals surface area contributed by atoms with E-state index in [0.717, 1.165) is 11.3 Å². The lowest BCUT2D eigenvalue weighted by Gasteiger charge is -2.32. The minimum atomic E-state index is -0.603. The molecule has 0 bridgehead atoms. The number of rotatable bonds is 6. The van der Waals surface area contributed by atoms with Crippen LogP contribution in [0.3, 0.4) is 0 Å². The summed E-state index contributed by atoms with van der Waals surface area (Å²) < 4.78 is 5.19. The Morgan fingerprint density at radius 2 is 1.55 bits per heavy atom. The minimum absolute atomic E-state index is 0.00881. The van der Waals surface area contributed by atoms with Gasteiger partial charge in [-0.25, -0.2) is 0 Å². The first kappa shape index (κ1) is 18.4. The molecule has 3 heteroatoms. The van der Waals surface area contributed by atoms with Crippen LogP contribution in [0.1, 0.15) is 53.0 Å². The van der Waals surface area contributed by atoms with Gasteiger partial charge in [0, 0.05) is 11.3 Å². The molecule has 22 heavy (non-hydrogen) atoms. The quantitative estimate of drug-likeness (QED) is 0.738. The molecule has 0 spiro atoms. The van der Waals surface area contributed by atoms with Gasteiger partial charge in [-0.05, 0) is 30.5 Å². The van der Waals surface area contributed by atoms with E-state index in [4.69, 9.17) is 4.74 Å². The monoisotopic (exact) mass is 304 g/mol. The van der Waals surface area contributed by atoms with Crippen LogP contribution in [0, 0.1) is 17.3 Å². The maximum atomic E-state index is 12.8. The molecule has 1 rings (SSSR count). The molecule has 0 N–H and O–H groups in total. The van der Waals surface area contributed by atoms with Crippen molar-refractivity contribution in [3.05, 3.63) is 29.8 Å². The Bertz CT molecular complexity index is 521. The predicted octanol–water partition coefficient (Wildman–Crippen LogP) is 4.26. The van der Waals surface area contributed by atoms with Gasteiger partial charge in [-0.2, -0.15) is 0 Å². The van der Waals surface area contributed by atoms with Gasteiger partial charge >= 0.3 is 0 Å². The second kappa shape index (κ2) is 7.08. The van der Waals surface area contributed by atoms with Crippen LogP contribution in [0.2, 0.25) is 0 Å². The molecule has 0 aliphatic rings. The van der Waals surface area contributed by atoms with E-state index in [0.29, 0.717) is 0 Å². The number of carbonyl (C=O) groups is 2. The molecule has 0 heterocycles. The van der Waals surface area contributed by atoms with Crippen molar-refractivity contribution in [2.75, 3.05) is 7.11 Å². The third kappa shape index (κ3) is 4.19. The number of hydrogen-bond donors (Lipinski definition) is 0. The molecule has 0 radical (unpaired) electrons. The number of methoxy groups -OCH3 is 1. The summed E-state index contributed by atoms with van der Waals surface area (Å²) in [5, 5.41) is 0. The van der Waals surface area contributed by atoms with E-state index < -0.39 is 11.3 Å². The van der Waals surface area contributed by atoms with Crippen LogP contribution in [0.5, 0.6) is 5.75 Å². The van der Waals surface area contributed by atoms with Gasteiger partial charge in [-0.15, -0.1) is 0 Å². The summed E-state index contributed by atoms with van der Waals surface area (Å²) >= 11 is 0. The fourth-order valence-electron chi connectivity index (χ4n) is 2.86. The number of hydrogen-bond acceptors (Lipinski definition) is 3. The molecule has 0 aromatic heterocycles. The molecule has 0 saturated carbocycles. The largest absolute Gasteiger partial charge is 0.497 e. The van der Waals surface area contributed by atoms with E-state index in [1.165, 1.54) is 6.92 Å². The summed E-state index contributed by atoms with van der Waals surface area (Å²) in [6.45, 7) is 11.2. The molecule has 1 aromatic rings. The summed E-state index contributed by atoms with van der Waals surface area (Å²) in [6.07, 6.45) is 0. The number of benzene rings is 1. The van der Waals surface area contributed by atoms with Crippen LogP contribution < -0.4 is 4.74 Å². The summed E-state index contributed by atoms with van der Waals surface area (Å²) in [4.78, 5) is 25.0. The molecular formula is C19H28O3. The molecular weight excluding hydrogens is 276 g/mol. The second-order valence-electron chi connectivity index (χ2n) is 7.25. The Morgan fingerprint density at radius 3 is 1.86 bits per heavy atom. The van der Waals surface area contributed by atoms with E-state index in [1.807, 2.05) is 45.0 Å². The van der Waals surface area contributed by atoms with Gasteiger partial charge in [0.2, 0.25) is 0 Å². The highest BCUT2D eigenvalue weighted by Gasteiger charge is 2.40. The molecule has 0 amide bonds. The summed E-state index contributed by atoms with van der Waals surface area (Å²) in [5.41, 5.74) is 0.476. The zero-order chi connectivity index (χ0) is 17.1. The lowest BCUT2D eigenvalue weighted by atomic mass is 9.69. The van der Waals surface area contributed by atoms with Gasteiger partial charge in [0.05, 0.1) is 13.0 Å². The van der Waals surface area contributed by atoms with E-state index in [1.54, 1.807) is 7.11 Å². The van der Waals surface area contributed by atoms with Crippen LogP contribution in [0.4, 0.5) is 0 Å². The Hall–Kier alpha value is -1.64. The SMILES string of the molecule is COc1ccc([C@@H](C(C)C)[C@H](C(C)=O)C(=O)C(C)(C)C)cc1. The smallest absolute Gasteiger partial charge is 0.149 e. The van der Waals surface area contributed by atoms with Gasteiger partial charge in [0.25, 0.3) is 0 Å². The van der Waals surface area contributed by atoms with Crippen LogP contribution in [0.25, 0.3) is 0 Å². The number of ether oxygens (including phenoxy) is 1. The summed E-state index contributed by atoms with van der Waals surface area (Å²) in [7, 11) is 1.62. The third-order valence-electron chi connectivity index (χ3n) is 4.04. The average Bonchev–Trinajstić information content (AvgIpc) is 2.42. The lowest BCUT2D eigenvalue weighted by Crippen LogP contribution is -2.38. The maximum Gasteiger partial charge on any atom is 0.149 e. The highest BCUT2D eigenvalue weighted by Crippen LogP contribution is 2.37. The van der Waals surface area contributed by atoms with Gasteiger partial charge < -0.3 is 4.74 Å². The Labute approximate surface area is 134 Å². The molecule has 0 fully saturated rings. The number of Topliss-reactive ketones (excluding diaryl/α,β-unsaturated/α-hetero) is 2. The van der Waals surface area contributed by atoms with Crippen molar-refractivity contribution in [3.63, 3.8) is 0 Å². The molecule has 0 unspecified atom stereocenters. The van der Waals surface area contributed by atoms with Crippen LogP contribution >= 0.6 is 0 Å². The van der Waals surface area contributed by atoms with Crippen molar-refractivity contribution in [2.24, 2.45) is 17.3 Å². The van der Waals surface area contributed by atoms with E-state index in [2.05, 4.69) is 13.8 Å². The van der Waals surface area contributed by atoms with Gasteiger partial charge in [-0.1, -0.05) is 46.8 Å². The zero-order valence-electron chi connectivity index (χ0n) is 14.8. The molecule has 0 aliphatic heterocycles. The van der Waals surface area contributed by atoms with Crippen molar-refractivity contribution >= 4 is 11.6 Å². The van der Waals surface area contributed by atoms with Crippen LogP contribution in [0.15, 0.2) is 24.3 Å². The average molecular weight is 304 g/mol. The molecule has 0 saturated heterocycles. The minimum Gasteiger partial charge on any atom is -0.497 e. The Kier molecular flexibility index (Phi) is 5.92. The fourth-order valence-corrected chi connectivity index (χ4v) is 2.86. The first-order valence-electron chi connectivity index (χ1n) is 7.78. The lowest BCUT2D eigenvalue weighted by molar-refractivity contribution is -0.138. The predicted molar refractivity (Wildman–Crippen MR) is 89.2 cm³/mol. The molecule has 2 atom stereocenters. The van der Waals surface area contributed by atoms with Crippen molar-refractivity contribution < 1.29 is 14.3 Å². The van der Waals surface area contributed by atoms with E-state index in [9.17, 15) is 9.59 Å². The van der Waals surface area contributed by atoms with Crippen molar-refractivity contribution in [1.29, 1.82) is 0 Å². The molecule has 122 valence electrons. The number of carbonyl (C=O) groups excluding carboxylic acids is 2. The van der Waals surface area contributed by atoms with Crippen LogP contribution in [-0.2, 0) is 9.59 Å². The van der Waals surface area contributed by atoms with E-state index in [-0.39, 0.29) is 23.4 Å². The fraction of sp³-hybridized carbons (Fsp3) is 0.579. The van der Waals surface area contributed by atoms with Crippen LogP contribution in [-0.4, -0.2) is 18.7 Å². The molecule has 1 aromatic carbocycles. The highest BCUT2D eigenvalue weighted by molar-refractivity contribution is 6.04. The zero-order valence-corrected chi connectivity index (χ0v) is 14.8. The summed E-state index contributed by atoms with van der Waals surface area (Å²) in [5.74, 6) is 0.189. The van der Waals surface area contributed by atoms with Crippen molar-refractivity contribution in [1.82, 2.24) is 0 Å². The molecule has 3 nitrogen and oxygen atoms in total. The maximum absolute atomic E-state index is 12.8. The topological polar surface area (TPSA) is 43.4 Å². The third-order valence-corrected chi connectivity index (χ3v) is 4.04. The van der Waals surface area contributed by atoms with Gasteiger partial charge in [0.1, 0.15) is 17.3 Å². The van der Waals surface area contributed by atoms with Gasteiger partial charge in [-0.3, -0.25) is 9.59 Å². The Balaban J connectivity index is 3.30. The molecule has 0 aliphatic carbocycles. The first-order valence-corrected chi connectivity index (χ1v) is 7.78. The van der Waals surface area contributed by atoms with Gasteiger partial charge in [0.15, 0.2) is 0 Å². The Morgan fingerprint density at radius 1 is 1.05 bits per heavy atom. The normalized spacial score (nSPS) is 14.5. The summed E-state index contributed by atoms with van der Waals surface area (Å²) in [6, 6.07) is 7.66. The number of ketones is 2. The standard InChI is InChI=1S/C19H28O3/c1-12(2)16(14-8-10-15(22-7)11-9-14)17(13(3)20)18(21)19(4,5)6/h8-12,16-17H,1-7H3/t16-,17+/m1/s1.